The van der Waals surface area contributed by atoms with Crippen molar-refractivity contribution in [2.24, 2.45) is 0 Å². The molecular formula is C18H22N2O. The highest BCUT2D eigenvalue weighted by Gasteiger charge is 2.18. The number of piperidine rings is 1. The third-order valence-corrected chi connectivity index (χ3v) is 4.06. The van der Waals surface area contributed by atoms with Gasteiger partial charge in [-0.3, -0.25) is 0 Å². The van der Waals surface area contributed by atoms with Crippen LogP contribution in [0.5, 0.6) is 0 Å². The first-order valence-electron chi connectivity index (χ1n) is 7.58. The fraction of sp³-hybridized carbons (Fsp3) is 0.333. The average Bonchev–Trinajstić information content (AvgIpc) is 2.50. The van der Waals surface area contributed by atoms with Gasteiger partial charge in [-0.25, -0.2) is 0 Å². The largest absolute Gasteiger partial charge is 0.393 e. The second-order valence-corrected chi connectivity index (χ2v) is 5.71. The normalized spacial score (nSPS) is 16.0. The molecule has 1 aliphatic rings. The molecule has 3 nitrogen and oxygen atoms in total. The molecule has 0 aromatic heterocycles. The number of benzene rings is 2. The zero-order chi connectivity index (χ0) is 14.7. The second kappa shape index (κ2) is 6.19. The predicted molar refractivity (Wildman–Crippen MR) is 88.4 cm³/mol. The van der Waals surface area contributed by atoms with E-state index in [0.717, 1.165) is 37.3 Å². The van der Waals surface area contributed by atoms with Crippen molar-refractivity contribution >= 4 is 17.1 Å². The van der Waals surface area contributed by atoms with Crippen LogP contribution in [0.3, 0.4) is 0 Å². The fourth-order valence-electron chi connectivity index (χ4n) is 2.88. The first-order chi connectivity index (χ1) is 10.2. The Morgan fingerprint density at radius 2 is 1.71 bits per heavy atom. The summed E-state index contributed by atoms with van der Waals surface area (Å²) in [5.74, 6) is 0. The number of hydrogen-bond acceptors (Lipinski definition) is 3. The van der Waals surface area contributed by atoms with E-state index in [1.807, 2.05) is 18.2 Å². The lowest BCUT2D eigenvalue weighted by molar-refractivity contribution is 0.145. The molecule has 0 saturated carbocycles. The molecule has 2 N–H and O–H groups in total. The van der Waals surface area contributed by atoms with Crippen LogP contribution in [-0.2, 0) is 0 Å². The van der Waals surface area contributed by atoms with E-state index in [9.17, 15) is 5.11 Å². The molecule has 0 radical (unpaired) electrons. The summed E-state index contributed by atoms with van der Waals surface area (Å²) in [6.45, 7) is 4.03. The molecule has 0 atom stereocenters. The zero-order valence-corrected chi connectivity index (χ0v) is 12.4. The zero-order valence-electron chi connectivity index (χ0n) is 12.4. The molecule has 3 heteroatoms. The van der Waals surface area contributed by atoms with Crippen molar-refractivity contribution in [2.45, 2.75) is 25.9 Å². The molecule has 1 heterocycles. The molecule has 0 unspecified atom stereocenters. The van der Waals surface area contributed by atoms with Gasteiger partial charge in [0, 0.05) is 30.2 Å². The van der Waals surface area contributed by atoms with Crippen molar-refractivity contribution in [3.8, 4) is 0 Å². The number of nitrogens with one attached hydrogen (secondary N) is 1. The smallest absolute Gasteiger partial charge is 0.0574 e. The minimum absolute atomic E-state index is 0.124. The summed E-state index contributed by atoms with van der Waals surface area (Å²) in [5.41, 5.74) is 4.76. The Morgan fingerprint density at radius 1 is 1.00 bits per heavy atom. The lowest BCUT2D eigenvalue weighted by Gasteiger charge is -2.32. The Morgan fingerprint density at radius 3 is 2.38 bits per heavy atom. The van der Waals surface area contributed by atoms with Crippen molar-refractivity contribution < 1.29 is 5.11 Å². The average molecular weight is 282 g/mol. The molecule has 2 aromatic carbocycles. The predicted octanol–water partition coefficient (Wildman–Crippen LogP) is 3.70. The third kappa shape index (κ3) is 3.37. The van der Waals surface area contributed by atoms with E-state index in [1.54, 1.807) is 0 Å². The topological polar surface area (TPSA) is 35.5 Å². The summed E-state index contributed by atoms with van der Waals surface area (Å²) in [4.78, 5) is 2.37. The van der Waals surface area contributed by atoms with E-state index in [0.29, 0.717) is 0 Å². The molecule has 3 rings (SSSR count). The number of rotatable bonds is 3. The Kier molecular flexibility index (Phi) is 4.11. The van der Waals surface area contributed by atoms with Gasteiger partial charge in [-0.2, -0.15) is 0 Å². The maximum absolute atomic E-state index is 9.61. The summed E-state index contributed by atoms with van der Waals surface area (Å²) in [6, 6.07) is 16.7. The van der Waals surface area contributed by atoms with Crippen molar-refractivity contribution in [1.29, 1.82) is 0 Å². The van der Waals surface area contributed by atoms with Gasteiger partial charge >= 0.3 is 0 Å². The second-order valence-electron chi connectivity index (χ2n) is 5.71. The highest BCUT2D eigenvalue weighted by Crippen LogP contribution is 2.27. The monoisotopic (exact) mass is 282 g/mol. The maximum Gasteiger partial charge on any atom is 0.0574 e. The van der Waals surface area contributed by atoms with Crippen LogP contribution < -0.4 is 10.2 Å². The summed E-state index contributed by atoms with van der Waals surface area (Å²) >= 11 is 0. The Bertz CT molecular complexity index is 589. The van der Waals surface area contributed by atoms with Crippen LogP contribution in [0.15, 0.2) is 48.5 Å². The van der Waals surface area contributed by atoms with Crippen molar-refractivity contribution in [1.82, 2.24) is 0 Å². The molecule has 0 bridgehead atoms. The van der Waals surface area contributed by atoms with Gasteiger partial charge in [0.1, 0.15) is 0 Å². The lowest BCUT2D eigenvalue weighted by Crippen LogP contribution is -2.36. The highest BCUT2D eigenvalue weighted by atomic mass is 16.3. The van der Waals surface area contributed by atoms with Crippen LogP contribution in [-0.4, -0.2) is 24.3 Å². The van der Waals surface area contributed by atoms with Crippen LogP contribution >= 0.6 is 0 Å². The van der Waals surface area contributed by atoms with Crippen LogP contribution in [0.1, 0.15) is 18.4 Å². The minimum Gasteiger partial charge on any atom is -0.393 e. The number of hydrogen-bond donors (Lipinski definition) is 2. The highest BCUT2D eigenvalue weighted by molar-refractivity contribution is 5.66. The quantitative estimate of drug-likeness (QED) is 0.901. The van der Waals surface area contributed by atoms with Gasteiger partial charge in [0.2, 0.25) is 0 Å². The van der Waals surface area contributed by atoms with Crippen molar-refractivity contribution in [2.75, 3.05) is 23.3 Å². The number of aryl methyl sites for hydroxylation is 1. The van der Waals surface area contributed by atoms with E-state index in [4.69, 9.17) is 0 Å². The van der Waals surface area contributed by atoms with E-state index in [-0.39, 0.29) is 6.10 Å². The van der Waals surface area contributed by atoms with E-state index < -0.39 is 0 Å². The van der Waals surface area contributed by atoms with Gasteiger partial charge in [-0.1, -0.05) is 18.2 Å². The van der Waals surface area contributed by atoms with Crippen LogP contribution in [0.25, 0.3) is 0 Å². The van der Waals surface area contributed by atoms with Crippen molar-refractivity contribution in [3.63, 3.8) is 0 Å². The number of para-hydroxylation sites is 1. The Balaban J connectivity index is 1.74. The standard InChI is InChI=1S/C18H22N2O/c1-14-13-16(19-15-5-3-2-4-6-15)7-8-18(14)20-11-9-17(21)10-12-20/h2-8,13,17,19,21H,9-12H2,1H3. The summed E-state index contributed by atoms with van der Waals surface area (Å²) < 4.78 is 0. The van der Waals surface area contributed by atoms with Crippen molar-refractivity contribution in [3.05, 3.63) is 54.1 Å². The first-order valence-corrected chi connectivity index (χ1v) is 7.58. The number of aliphatic hydroxyl groups excluding tert-OH is 1. The molecule has 2 aromatic rings. The summed E-state index contributed by atoms with van der Waals surface area (Å²) in [5, 5.41) is 13.0. The van der Waals surface area contributed by atoms with Gasteiger partial charge in [-0.15, -0.1) is 0 Å². The first kappa shape index (κ1) is 14.0. The molecule has 1 aliphatic heterocycles. The Labute approximate surface area is 126 Å². The molecular weight excluding hydrogens is 260 g/mol. The van der Waals surface area contributed by atoms with E-state index >= 15 is 0 Å². The molecule has 0 aliphatic carbocycles. The number of aliphatic hydroxyl groups is 1. The third-order valence-electron chi connectivity index (χ3n) is 4.06. The molecule has 0 spiro atoms. The maximum atomic E-state index is 9.61. The van der Waals surface area contributed by atoms with Gasteiger partial charge in [-0.05, 0) is 55.7 Å². The SMILES string of the molecule is Cc1cc(Nc2ccccc2)ccc1N1CCC(O)CC1. The summed E-state index contributed by atoms with van der Waals surface area (Å²) in [6.07, 6.45) is 1.60. The number of anilines is 3. The molecule has 0 amide bonds. The Hall–Kier alpha value is -2.00. The van der Waals surface area contributed by atoms with Gasteiger partial charge in [0.25, 0.3) is 0 Å². The van der Waals surface area contributed by atoms with Gasteiger partial charge in [0.05, 0.1) is 6.10 Å². The summed E-state index contributed by atoms with van der Waals surface area (Å²) in [7, 11) is 0. The van der Waals surface area contributed by atoms with E-state index in [1.165, 1.54) is 11.3 Å². The van der Waals surface area contributed by atoms with Crippen LogP contribution in [0, 0.1) is 6.92 Å². The van der Waals surface area contributed by atoms with E-state index in [2.05, 4.69) is 47.5 Å². The lowest BCUT2D eigenvalue weighted by atomic mass is 10.1. The van der Waals surface area contributed by atoms with Gasteiger partial charge in [0.15, 0.2) is 0 Å². The molecule has 1 saturated heterocycles. The number of nitrogens with zero attached hydrogens (tertiary/aromatic N) is 1. The minimum atomic E-state index is -0.124. The van der Waals surface area contributed by atoms with Crippen LogP contribution in [0.4, 0.5) is 17.1 Å². The molecule has 21 heavy (non-hydrogen) atoms. The fourth-order valence-corrected chi connectivity index (χ4v) is 2.88. The molecule has 1 fully saturated rings. The van der Waals surface area contributed by atoms with Crippen LogP contribution in [0.2, 0.25) is 0 Å². The molecule has 110 valence electrons. The van der Waals surface area contributed by atoms with Gasteiger partial charge < -0.3 is 15.3 Å².